The Labute approximate surface area is 86.6 Å². The van der Waals surface area contributed by atoms with Crippen LogP contribution < -0.4 is 5.32 Å². The second-order valence-electron chi connectivity index (χ2n) is 4.48. The Morgan fingerprint density at radius 3 is 2.21 bits per heavy atom. The molecule has 0 spiro atoms. The van der Waals surface area contributed by atoms with Crippen LogP contribution in [0.1, 0.15) is 27.7 Å². The highest BCUT2D eigenvalue weighted by molar-refractivity contribution is 7.92. The largest absolute Gasteiger partial charge is 0.392 e. The molecule has 0 fully saturated rings. The van der Waals surface area contributed by atoms with Crippen LogP contribution in [0, 0.1) is 0 Å². The molecular formula is C9H21NO3S. The van der Waals surface area contributed by atoms with Gasteiger partial charge in [-0.1, -0.05) is 0 Å². The van der Waals surface area contributed by atoms with Crippen LogP contribution in [0.15, 0.2) is 0 Å². The second-order valence-corrected chi connectivity index (χ2v) is 7.35. The van der Waals surface area contributed by atoms with Crippen LogP contribution in [0.3, 0.4) is 0 Å². The minimum Gasteiger partial charge on any atom is -0.392 e. The highest BCUT2D eigenvalue weighted by Crippen LogP contribution is 2.14. The molecule has 0 aromatic carbocycles. The van der Waals surface area contributed by atoms with E-state index in [2.05, 4.69) is 5.32 Å². The van der Waals surface area contributed by atoms with Gasteiger partial charge in [-0.25, -0.2) is 8.42 Å². The first-order valence-corrected chi connectivity index (χ1v) is 6.43. The van der Waals surface area contributed by atoms with Gasteiger partial charge in [-0.3, -0.25) is 0 Å². The summed E-state index contributed by atoms with van der Waals surface area (Å²) in [6.07, 6.45) is -0.438. The van der Waals surface area contributed by atoms with Crippen LogP contribution in [-0.4, -0.2) is 43.2 Å². The summed E-state index contributed by atoms with van der Waals surface area (Å²) in [6.45, 7) is 7.56. The van der Waals surface area contributed by atoms with Crippen LogP contribution >= 0.6 is 0 Å². The van der Waals surface area contributed by atoms with Gasteiger partial charge in [-0.05, 0) is 27.7 Å². The van der Waals surface area contributed by atoms with Gasteiger partial charge in [0, 0.05) is 13.1 Å². The maximum atomic E-state index is 11.6. The van der Waals surface area contributed by atoms with Crippen molar-refractivity contribution < 1.29 is 13.5 Å². The number of hydrogen-bond donors (Lipinski definition) is 2. The van der Waals surface area contributed by atoms with Crippen molar-refractivity contribution in [2.75, 3.05) is 18.8 Å². The molecule has 5 heteroatoms. The summed E-state index contributed by atoms with van der Waals surface area (Å²) < 4.78 is 22.5. The first-order valence-electron chi connectivity index (χ1n) is 4.78. The summed E-state index contributed by atoms with van der Waals surface area (Å²) in [5, 5.41) is 11.8. The van der Waals surface area contributed by atoms with Crippen LogP contribution in [0.5, 0.6) is 0 Å². The zero-order chi connectivity index (χ0) is 11.4. The SMILES string of the molecule is CC(O)CNCCS(=O)(=O)C(C)(C)C. The van der Waals surface area contributed by atoms with E-state index >= 15 is 0 Å². The molecule has 0 aliphatic carbocycles. The standard InChI is InChI=1S/C9H21NO3S/c1-8(11)7-10-5-6-14(12,13)9(2,3)4/h8,10-11H,5-7H2,1-4H3. The fraction of sp³-hybridized carbons (Fsp3) is 1.00. The van der Waals surface area contributed by atoms with Gasteiger partial charge in [-0.2, -0.15) is 0 Å². The van der Waals surface area contributed by atoms with Crippen LogP contribution in [0.2, 0.25) is 0 Å². The lowest BCUT2D eigenvalue weighted by Gasteiger charge is -2.19. The molecule has 0 amide bonds. The maximum absolute atomic E-state index is 11.6. The maximum Gasteiger partial charge on any atom is 0.156 e. The summed E-state index contributed by atoms with van der Waals surface area (Å²) in [7, 11) is -3.04. The molecule has 14 heavy (non-hydrogen) atoms. The summed E-state index contributed by atoms with van der Waals surface area (Å²) in [6, 6.07) is 0. The van der Waals surface area contributed by atoms with Crippen molar-refractivity contribution in [3.05, 3.63) is 0 Å². The predicted molar refractivity (Wildman–Crippen MR) is 58.1 cm³/mol. The molecule has 0 aliphatic rings. The van der Waals surface area contributed by atoms with Crippen molar-refractivity contribution in [2.45, 2.75) is 38.5 Å². The zero-order valence-electron chi connectivity index (χ0n) is 9.37. The minimum atomic E-state index is -3.04. The molecule has 0 heterocycles. The number of sulfone groups is 1. The van der Waals surface area contributed by atoms with Gasteiger partial charge in [0.2, 0.25) is 0 Å². The summed E-state index contributed by atoms with van der Waals surface area (Å²) in [4.78, 5) is 0. The van der Waals surface area contributed by atoms with Crippen molar-refractivity contribution in [1.82, 2.24) is 5.32 Å². The van der Waals surface area contributed by atoms with E-state index in [1.165, 1.54) is 0 Å². The van der Waals surface area contributed by atoms with E-state index in [-0.39, 0.29) is 5.75 Å². The summed E-state index contributed by atoms with van der Waals surface area (Å²) in [5.74, 6) is 0.114. The van der Waals surface area contributed by atoms with Gasteiger partial charge < -0.3 is 10.4 Å². The van der Waals surface area contributed by atoms with E-state index < -0.39 is 20.7 Å². The number of nitrogens with one attached hydrogen (secondary N) is 1. The Bertz CT molecular complexity index is 252. The topological polar surface area (TPSA) is 66.4 Å². The van der Waals surface area contributed by atoms with Crippen LogP contribution in [0.4, 0.5) is 0 Å². The van der Waals surface area contributed by atoms with Gasteiger partial charge in [0.25, 0.3) is 0 Å². The molecule has 0 aromatic rings. The third-order valence-electron chi connectivity index (χ3n) is 1.92. The van der Waals surface area contributed by atoms with Gasteiger partial charge in [0.15, 0.2) is 9.84 Å². The third kappa shape index (κ3) is 4.93. The Morgan fingerprint density at radius 2 is 1.86 bits per heavy atom. The Morgan fingerprint density at radius 1 is 1.36 bits per heavy atom. The quantitative estimate of drug-likeness (QED) is 0.652. The smallest absolute Gasteiger partial charge is 0.156 e. The average molecular weight is 223 g/mol. The fourth-order valence-corrected chi connectivity index (χ4v) is 1.85. The van der Waals surface area contributed by atoms with E-state index in [1.54, 1.807) is 27.7 Å². The van der Waals surface area contributed by atoms with Crippen LogP contribution in [0.25, 0.3) is 0 Å². The number of rotatable bonds is 5. The molecule has 4 nitrogen and oxygen atoms in total. The Balaban J connectivity index is 3.91. The Hall–Kier alpha value is -0.130. The summed E-state index contributed by atoms with van der Waals surface area (Å²) >= 11 is 0. The lowest BCUT2D eigenvalue weighted by atomic mass is 10.3. The lowest BCUT2D eigenvalue weighted by Crippen LogP contribution is -2.36. The molecular weight excluding hydrogens is 202 g/mol. The molecule has 0 rings (SSSR count). The van der Waals surface area contributed by atoms with Gasteiger partial charge in [-0.15, -0.1) is 0 Å². The van der Waals surface area contributed by atoms with E-state index in [9.17, 15) is 8.42 Å². The Kier molecular flexibility index (Phi) is 5.05. The second kappa shape index (κ2) is 5.09. The zero-order valence-corrected chi connectivity index (χ0v) is 10.2. The normalized spacial score (nSPS) is 15.5. The van der Waals surface area contributed by atoms with E-state index in [4.69, 9.17) is 5.11 Å². The fourth-order valence-electron chi connectivity index (χ4n) is 0.824. The number of hydrogen-bond acceptors (Lipinski definition) is 4. The highest BCUT2D eigenvalue weighted by Gasteiger charge is 2.27. The van der Waals surface area contributed by atoms with Crippen molar-refractivity contribution in [1.29, 1.82) is 0 Å². The molecule has 1 atom stereocenters. The van der Waals surface area contributed by atoms with Crippen molar-refractivity contribution in [3.63, 3.8) is 0 Å². The molecule has 0 radical (unpaired) electrons. The van der Waals surface area contributed by atoms with Crippen molar-refractivity contribution in [2.24, 2.45) is 0 Å². The monoisotopic (exact) mass is 223 g/mol. The highest BCUT2D eigenvalue weighted by atomic mass is 32.2. The molecule has 0 saturated carbocycles. The van der Waals surface area contributed by atoms with Gasteiger partial charge in [0.05, 0.1) is 16.6 Å². The van der Waals surface area contributed by atoms with Crippen molar-refractivity contribution >= 4 is 9.84 Å². The van der Waals surface area contributed by atoms with E-state index in [1.807, 2.05) is 0 Å². The lowest BCUT2D eigenvalue weighted by molar-refractivity contribution is 0.192. The molecule has 0 saturated heterocycles. The van der Waals surface area contributed by atoms with Crippen LogP contribution in [-0.2, 0) is 9.84 Å². The van der Waals surface area contributed by atoms with E-state index in [0.29, 0.717) is 13.1 Å². The molecule has 0 bridgehead atoms. The molecule has 0 aliphatic heterocycles. The molecule has 2 N–H and O–H groups in total. The van der Waals surface area contributed by atoms with Gasteiger partial charge >= 0.3 is 0 Å². The number of aliphatic hydroxyl groups is 1. The third-order valence-corrected chi connectivity index (χ3v) is 4.53. The molecule has 1 unspecified atom stereocenters. The number of aliphatic hydroxyl groups excluding tert-OH is 1. The average Bonchev–Trinajstić information content (AvgIpc) is 1.95. The summed E-state index contributed by atoms with van der Waals surface area (Å²) in [5.41, 5.74) is 0. The minimum absolute atomic E-state index is 0.114. The van der Waals surface area contributed by atoms with Gasteiger partial charge in [0.1, 0.15) is 0 Å². The first kappa shape index (κ1) is 13.9. The predicted octanol–water partition coefficient (Wildman–Crippen LogP) is 0.170. The first-order chi connectivity index (χ1) is 6.17. The molecule has 0 aromatic heterocycles. The van der Waals surface area contributed by atoms with E-state index in [0.717, 1.165) is 0 Å². The van der Waals surface area contributed by atoms with Crippen molar-refractivity contribution in [3.8, 4) is 0 Å². The molecule has 86 valence electrons.